The minimum absolute atomic E-state index is 0.121. The SMILES string of the molecule is CN(C(=O)c1cc(=O)[nH]c(C2CC2)n1)c1cn(Cc2ccccc2)nn1. The summed E-state index contributed by atoms with van der Waals surface area (Å²) >= 11 is 0. The zero-order valence-corrected chi connectivity index (χ0v) is 14.3. The molecular weight excluding hydrogens is 332 g/mol. The highest BCUT2D eigenvalue weighted by atomic mass is 16.2. The van der Waals surface area contributed by atoms with E-state index in [1.54, 1.807) is 17.9 Å². The van der Waals surface area contributed by atoms with Gasteiger partial charge < -0.3 is 4.98 Å². The number of nitrogens with zero attached hydrogens (tertiary/aromatic N) is 5. The summed E-state index contributed by atoms with van der Waals surface area (Å²) in [5.41, 5.74) is 0.894. The number of carbonyl (C=O) groups is 1. The molecule has 1 aromatic carbocycles. The van der Waals surface area contributed by atoms with Crippen molar-refractivity contribution in [1.82, 2.24) is 25.0 Å². The molecule has 0 bridgehead atoms. The van der Waals surface area contributed by atoms with Gasteiger partial charge in [0.25, 0.3) is 11.5 Å². The third kappa shape index (κ3) is 3.39. The van der Waals surface area contributed by atoms with E-state index < -0.39 is 0 Å². The minimum Gasteiger partial charge on any atom is -0.310 e. The second kappa shape index (κ2) is 6.55. The first-order valence-corrected chi connectivity index (χ1v) is 8.43. The first-order chi connectivity index (χ1) is 12.6. The fourth-order valence-electron chi connectivity index (χ4n) is 2.70. The first-order valence-electron chi connectivity index (χ1n) is 8.43. The second-order valence-electron chi connectivity index (χ2n) is 6.41. The molecule has 1 aliphatic rings. The Morgan fingerprint density at radius 1 is 1.31 bits per heavy atom. The summed E-state index contributed by atoms with van der Waals surface area (Å²) in [6.07, 6.45) is 3.67. The number of nitrogens with one attached hydrogen (secondary N) is 1. The van der Waals surface area contributed by atoms with Gasteiger partial charge in [0, 0.05) is 19.0 Å². The molecule has 1 aliphatic carbocycles. The van der Waals surface area contributed by atoms with Crippen LogP contribution in [0.5, 0.6) is 0 Å². The van der Waals surface area contributed by atoms with E-state index in [1.807, 2.05) is 30.3 Å². The highest BCUT2D eigenvalue weighted by Gasteiger charge is 2.28. The number of hydrogen-bond acceptors (Lipinski definition) is 5. The molecule has 8 heteroatoms. The molecule has 2 aromatic heterocycles. The molecule has 3 aromatic rings. The van der Waals surface area contributed by atoms with Gasteiger partial charge in [-0.15, -0.1) is 5.10 Å². The van der Waals surface area contributed by atoms with Crippen molar-refractivity contribution in [3.05, 3.63) is 70.0 Å². The molecule has 0 spiro atoms. The van der Waals surface area contributed by atoms with Gasteiger partial charge in [-0.1, -0.05) is 35.5 Å². The van der Waals surface area contributed by atoms with Crippen LogP contribution in [0.4, 0.5) is 5.82 Å². The van der Waals surface area contributed by atoms with Crippen molar-refractivity contribution in [3.63, 3.8) is 0 Å². The maximum absolute atomic E-state index is 12.7. The Kier molecular flexibility index (Phi) is 4.08. The van der Waals surface area contributed by atoms with Crippen LogP contribution in [0.1, 0.15) is 40.6 Å². The molecule has 26 heavy (non-hydrogen) atoms. The van der Waals surface area contributed by atoms with E-state index in [4.69, 9.17) is 0 Å². The largest absolute Gasteiger partial charge is 0.310 e. The summed E-state index contributed by atoms with van der Waals surface area (Å²) in [6, 6.07) is 11.1. The topological polar surface area (TPSA) is 96.8 Å². The van der Waals surface area contributed by atoms with E-state index in [-0.39, 0.29) is 23.1 Å². The average molecular weight is 350 g/mol. The molecule has 1 fully saturated rings. The zero-order chi connectivity index (χ0) is 18.1. The van der Waals surface area contributed by atoms with Crippen LogP contribution in [0.2, 0.25) is 0 Å². The standard InChI is InChI=1S/C18H18N6O2/c1-23(15-11-24(22-21-15)10-12-5-3-2-4-6-12)18(26)14-9-16(25)20-17(19-14)13-7-8-13/h2-6,9,11,13H,7-8,10H2,1H3,(H,19,20,25). The number of H-pyrrole nitrogens is 1. The van der Waals surface area contributed by atoms with E-state index in [0.29, 0.717) is 18.2 Å². The lowest BCUT2D eigenvalue weighted by Gasteiger charge is -2.13. The molecule has 0 atom stereocenters. The maximum atomic E-state index is 12.7. The van der Waals surface area contributed by atoms with Crippen LogP contribution in [0.25, 0.3) is 0 Å². The molecule has 0 saturated heterocycles. The number of benzene rings is 1. The van der Waals surface area contributed by atoms with Crippen molar-refractivity contribution < 1.29 is 4.79 Å². The molecule has 8 nitrogen and oxygen atoms in total. The predicted octanol–water partition coefficient (Wildman–Crippen LogP) is 1.56. The Hall–Kier alpha value is -3.29. The lowest BCUT2D eigenvalue weighted by molar-refractivity contribution is 0.0987. The molecule has 132 valence electrons. The average Bonchev–Trinajstić information content (AvgIpc) is 3.40. The van der Waals surface area contributed by atoms with Gasteiger partial charge in [0.2, 0.25) is 0 Å². The predicted molar refractivity (Wildman–Crippen MR) is 95.1 cm³/mol. The second-order valence-corrected chi connectivity index (χ2v) is 6.41. The number of aromatic amines is 1. The molecule has 0 aliphatic heterocycles. The third-order valence-corrected chi connectivity index (χ3v) is 4.31. The van der Waals surface area contributed by atoms with Gasteiger partial charge in [-0.05, 0) is 18.4 Å². The van der Waals surface area contributed by atoms with Crippen LogP contribution in [-0.4, -0.2) is 37.9 Å². The zero-order valence-electron chi connectivity index (χ0n) is 14.3. The smallest absolute Gasteiger partial charge is 0.278 e. The maximum Gasteiger partial charge on any atom is 0.278 e. The van der Waals surface area contributed by atoms with Crippen LogP contribution in [0.15, 0.2) is 47.4 Å². The number of anilines is 1. The number of aromatic nitrogens is 5. The summed E-state index contributed by atoms with van der Waals surface area (Å²) in [5.74, 6) is 0.861. The van der Waals surface area contributed by atoms with Gasteiger partial charge in [-0.25, -0.2) is 9.67 Å². The molecule has 0 radical (unpaired) electrons. The summed E-state index contributed by atoms with van der Waals surface area (Å²) < 4.78 is 1.66. The van der Waals surface area contributed by atoms with Crippen molar-refractivity contribution in [2.45, 2.75) is 25.3 Å². The summed E-state index contributed by atoms with van der Waals surface area (Å²) in [7, 11) is 1.60. The minimum atomic E-state index is -0.384. The summed E-state index contributed by atoms with van der Waals surface area (Å²) in [5, 5.41) is 8.12. The van der Waals surface area contributed by atoms with Gasteiger partial charge in [0.05, 0.1) is 12.7 Å². The highest BCUT2D eigenvalue weighted by molar-refractivity contribution is 6.03. The van der Waals surface area contributed by atoms with Gasteiger partial charge in [-0.3, -0.25) is 14.5 Å². The first kappa shape index (κ1) is 16.2. The summed E-state index contributed by atoms with van der Waals surface area (Å²) in [4.78, 5) is 32.9. The number of carbonyl (C=O) groups excluding carboxylic acids is 1. The van der Waals surface area contributed by atoms with Gasteiger partial charge in [0.1, 0.15) is 11.5 Å². The molecule has 0 unspecified atom stereocenters. The van der Waals surface area contributed by atoms with E-state index in [0.717, 1.165) is 18.4 Å². The van der Waals surface area contributed by atoms with Crippen molar-refractivity contribution in [2.75, 3.05) is 11.9 Å². The quantitative estimate of drug-likeness (QED) is 0.753. The van der Waals surface area contributed by atoms with Crippen molar-refractivity contribution >= 4 is 11.7 Å². The van der Waals surface area contributed by atoms with E-state index in [9.17, 15) is 9.59 Å². The number of hydrogen-bond donors (Lipinski definition) is 1. The molecule has 1 amide bonds. The lowest BCUT2D eigenvalue weighted by atomic mass is 10.2. The van der Waals surface area contributed by atoms with Crippen molar-refractivity contribution in [1.29, 1.82) is 0 Å². The normalized spacial score (nSPS) is 13.6. The molecule has 2 heterocycles. The highest BCUT2D eigenvalue weighted by Crippen LogP contribution is 2.37. The number of amides is 1. The fourth-order valence-corrected chi connectivity index (χ4v) is 2.70. The van der Waals surface area contributed by atoms with E-state index in [1.165, 1.54) is 11.0 Å². The molecule has 4 rings (SSSR count). The lowest BCUT2D eigenvalue weighted by Crippen LogP contribution is -2.29. The van der Waals surface area contributed by atoms with Crippen LogP contribution in [0.3, 0.4) is 0 Å². The Morgan fingerprint density at radius 3 is 2.81 bits per heavy atom. The fraction of sp³-hybridized carbons (Fsp3) is 0.278. The Balaban J connectivity index is 1.53. The van der Waals surface area contributed by atoms with Crippen LogP contribution in [-0.2, 0) is 6.54 Å². The van der Waals surface area contributed by atoms with Gasteiger partial charge in [0.15, 0.2) is 5.82 Å². The molecule has 1 saturated carbocycles. The third-order valence-electron chi connectivity index (χ3n) is 4.31. The monoisotopic (exact) mass is 350 g/mol. The molecular formula is C18H18N6O2. The van der Waals surface area contributed by atoms with Crippen molar-refractivity contribution in [3.8, 4) is 0 Å². The summed E-state index contributed by atoms with van der Waals surface area (Å²) in [6.45, 7) is 0.560. The van der Waals surface area contributed by atoms with Gasteiger partial charge >= 0.3 is 0 Å². The van der Waals surface area contributed by atoms with Crippen LogP contribution < -0.4 is 10.5 Å². The van der Waals surface area contributed by atoms with E-state index in [2.05, 4.69) is 20.3 Å². The van der Waals surface area contributed by atoms with Crippen molar-refractivity contribution in [2.24, 2.45) is 0 Å². The van der Waals surface area contributed by atoms with E-state index >= 15 is 0 Å². The Morgan fingerprint density at radius 2 is 2.08 bits per heavy atom. The number of rotatable bonds is 5. The van der Waals surface area contributed by atoms with Crippen LogP contribution >= 0.6 is 0 Å². The molecule has 1 N–H and O–H groups in total. The Labute approximate surface area is 149 Å². The van der Waals surface area contributed by atoms with Gasteiger partial charge in [-0.2, -0.15) is 0 Å². The van der Waals surface area contributed by atoms with Crippen LogP contribution in [0, 0.1) is 0 Å². The Bertz CT molecular complexity index is 990.